The van der Waals surface area contributed by atoms with Gasteiger partial charge in [-0.25, -0.2) is 8.78 Å². The second kappa shape index (κ2) is 11.2. The minimum Gasteiger partial charge on any atom is -0.480 e. The highest BCUT2D eigenvalue weighted by molar-refractivity contribution is 5.95. The molecule has 0 bridgehead atoms. The topological polar surface area (TPSA) is 132 Å². The Hall–Kier alpha value is -4.57. The zero-order valence-corrected chi connectivity index (χ0v) is 20.5. The summed E-state index contributed by atoms with van der Waals surface area (Å²) in [5.74, 6) is -4.31. The van der Waals surface area contributed by atoms with Gasteiger partial charge in [0.25, 0.3) is 5.91 Å². The molecule has 1 unspecified atom stereocenters. The van der Waals surface area contributed by atoms with Crippen LogP contribution in [0.4, 0.5) is 8.78 Å². The van der Waals surface area contributed by atoms with E-state index in [1.54, 1.807) is 55.6 Å². The van der Waals surface area contributed by atoms with Gasteiger partial charge in [0.15, 0.2) is 6.10 Å². The van der Waals surface area contributed by atoms with E-state index < -0.39 is 41.7 Å². The van der Waals surface area contributed by atoms with Gasteiger partial charge in [-0.3, -0.25) is 15.0 Å². The third kappa shape index (κ3) is 5.70. The van der Waals surface area contributed by atoms with Crippen molar-refractivity contribution in [3.8, 4) is 11.1 Å². The predicted molar refractivity (Wildman–Crippen MR) is 139 cm³/mol. The lowest BCUT2D eigenvalue weighted by Gasteiger charge is -2.27. The number of fused-ring (bicyclic) bond motifs is 1. The Morgan fingerprint density at radius 2 is 1.74 bits per heavy atom. The normalized spacial score (nSPS) is 11.9. The van der Waals surface area contributed by atoms with Gasteiger partial charge in [-0.2, -0.15) is 0 Å². The Balaban J connectivity index is 1.67. The van der Waals surface area contributed by atoms with Crippen molar-refractivity contribution >= 4 is 28.6 Å². The fourth-order valence-electron chi connectivity index (χ4n) is 4.23. The molecule has 8 nitrogen and oxygen atoms in total. The molecule has 0 radical (unpaired) electrons. The number of amides is 1. The van der Waals surface area contributed by atoms with Crippen LogP contribution in [0.25, 0.3) is 22.0 Å². The first-order valence-electron chi connectivity index (χ1n) is 11.8. The van der Waals surface area contributed by atoms with E-state index in [1.165, 1.54) is 0 Å². The number of carboxylic acid groups (broad SMARTS) is 1. The number of ether oxygens (including phenoxy) is 1. The molecule has 0 saturated carbocycles. The minimum absolute atomic E-state index is 0.0462. The van der Waals surface area contributed by atoms with Gasteiger partial charge >= 0.3 is 5.97 Å². The Labute approximate surface area is 217 Å². The number of aromatic amines is 1. The summed E-state index contributed by atoms with van der Waals surface area (Å²) < 4.78 is 36.3. The van der Waals surface area contributed by atoms with Crippen LogP contribution in [0.2, 0.25) is 0 Å². The van der Waals surface area contributed by atoms with Crippen LogP contribution < -0.4 is 5.73 Å². The first-order chi connectivity index (χ1) is 18.2. The first-order valence-corrected chi connectivity index (χ1v) is 11.8. The van der Waals surface area contributed by atoms with E-state index in [2.05, 4.69) is 4.98 Å². The van der Waals surface area contributed by atoms with Gasteiger partial charge in [0, 0.05) is 30.4 Å². The predicted octanol–water partition coefficient (Wildman–Crippen LogP) is 4.59. The largest absolute Gasteiger partial charge is 0.480 e. The van der Waals surface area contributed by atoms with E-state index in [0.717, 1.165) is 27.9 Å². The fourth-order valence-corrected chi connectivity index (χ4v) is 4.23. The smallest absolute Gasteiger partial charge is 0.323 e. The number of nitrogens with one attached hydrogen (secondary N) is 2. The molecule has 4 rings (SSSR count). The monoisotopic (exact) mass is 520 g/mol. The molecule has 38 heavy (non-hydrogen) atoms. The standard InChI is InChI=1S/C28H26F2N4O4/c1-2-38-26(28(37)34(15-24(35)36)14-16-3-5-17(6-4-16)27(31)32)25-21(29)12-20(13-22(25)30)18-7-8-23-19(11-18)9-10-33-23/h3-13,26,33H,2,14-15H2,1H3,(H3,31,32)(H,35,36). The average Bonchev–Trinajstić information content (AvgIpc) is 3.35. The van der Waals surface area contributed by atoms with E-state index in [0.29, 0.717) is 16.7 Å². The molecule has 1 aromatic heterocycles. The van der Waals surface area contributed by atoms with E-state index in [9.17, 15) is 14.7 Å². The summed E-state index contributed by atoms with van der Waals surface area (Å²) >= 11 is 0. The summed E-state index contributed by atoms with van der Waals surface area (Å²) in [6.07, 6.45) is 0.0643. The number of aliphatic carboxylic acids is 1. The maximum Gasteiger partial charge on any atom is 0.323 e. The molecule has 4 aromatic rings. The molecule has 5 N–H and O–H groups in total. The number of nitrogen functional groups attached to an aromatic ring is 1. The number of halogens is 2. The lowest BCUT2D eigenvalue weighted by atomic mass is 9.98. The number of carbonyl (C=O) groups excluding carboxylic acids is 1. The van der Waals surface area contributed by atoms with E-state index in [1.807, 2.05) is 6.07 Å². The molecule has 1 atom stereocenters. The van der Waals surface area contributed by atoms with Crippen LogP contribution in [-0.4, -0.2) is 45.9 Å². The molecular weight excluding hydrogens is 494 g/mol. The lowest BCUT2D eigenvalue weighted by Crippen LogP contribution is -2.39. The van der Waals surface area contributed by atoms with Gasteiger partial charge in [0.2, 0.25) is 0 Å². The summed E-state index contributed by atoms with van der Waals surface area (Å²) in [5, 5.41) is 17.8. The molecule has 1 heterocycles. The maximum atomic E-state index is 15.4. The van der Waals surface area contributed by atoms with E-state index in [-0.39, 0.29) is 24.6 Å². The summed E-state index contributed by atoms with van der Waals surface area (Å²) in [5.41, 5.74) is 7.61. The number of hydrogen-bond acceptors (Lipinski definition) is 4. The highest BCUT2D eigenvalue weighted by atomic mass is 19.1. The highest BCUT2D eigenvalue weighted by Crippen LogP contribution is 2.32. The Morgan fingerprint density at radius 1 is 1.05 bits per heavy atom. The molecule has 0 aliphatic rings. The highest BCUT2D eigenvalue weighted by Gasteiger charge is 2.33. The van der Waals surface area contributed by atoms with Crippen LogP contribution in [-0.2, 0) is 20.9 Å². The number of rotatable bonds is 10. The molecule has 0 spiro atoms. The maximum absolute atomic E-state index is 15.4. The van der Waals surface area contributed by atoms with Crippen molar-refractivity contribution in [1.29, 1.82) is 5.41 Å². The van der Waals surface area contributed by atoms with Crippen LogP contribution >= 0.6 is 0 Å². The van der Waals surface area contributed by atoms with Crippen molar-refractivity contribution in [2.45, 2.75) is 19.6 Å². The molecular formula is C28H26F2N4O4. The number of H-pyrrole nitrogens is 1. The van der Waals surface area contributed by atoms with Crippen molar-refractivity contribution in [2.75, 3.05) is 13.2 Å². The molecule has 0 fully saturated rings. The van der Waals surface area contributed by atoms with Gasteiger partial charge < -0.3 is 25.5 Å². The van der Waals surface area contributed by atoms with Crippen molar-refractivity contribution < 1.29 is 28.2 Å². The number of hydrogen-bond donors (Lipinski definition) is 4. The summed E-state index contributed by atoms with van der Waals surface area (Å²) in [7, 11) is 0. The number of nitrogens with zero attached hydrogens (tertiary/aromatic N) is 1. The van der Waals surface area contributed by atoms with Crippen LogP contribution in [0.15, 0.2) is 66.9 Å². The van der Waals surface area contributed by atoms with E-state index >= 15 is 8.78 Å². The molecule has 0 saturated heterocycles. The number of benzene rings is 3. The Kier molecular flexibility index (Phi) is 7.82. The average molecular weight is 521 g/mol. The molecule has 3 aromatic carbocycles. The zero-order chi connectivity index (χ0) is 27.4. The SMILES string of the molecule is CCOC(C(=O)N(CC(=O)O)Cc1ccc(C(=N)N)cc1)c1c(F)cc(-c2ccc3[nH]ccc3c2)cc1F. The third-order valence-electron chi connectivity index (χ3n) is 6.06. The Morgan fingerprint density at radius 3 is 2.34 bits per heavy atom. The molecule has 10 heteroatoms. The van der Waals surface area contributed by atoms with Crippen molar-refractivity contribution in [2.24, 2.45) is 5.73 Å². The van der Waals surface area contributed by atoms with Gasteiger partial charge in [0.1, 0.15) is 24.0 Å². The summed E-state index contributed by atoms with van der Waals surface area (Å²) in [6, 6.07) is 15.7. The number of amidine groups is 1. The second-order valence-corrected chi connectivity index (χ2v) is 8.67. The van der Waals surface area contributed by atoms with Gasteiger partial charge in [-0.15, -0.1) is 0 Å². The lowest BCUT2D eigenvalue weighted by molar-refractivity contribution is -0.151. The number of aromatic nitrogens is 1. The summed E-state index contributed by atoms with van der Waals surface area (Å²) in [4.78, 5) is 29.0. The molecule has 196 valence electrons. The van der Waals surface area contributed by atoms with Crippen LogP contribution in [0, 0.1) is 17.0 Å². The summed E-state index contributed by atoms with van der Waals surface area (Å²) in [6.45, 7) is 0.647. The molecule has 0 aliphatic carbocycles. The second-order valence-electron chi connectivity index (χ2n) is 8.67. The van der Waals surface area contributed by atoms with E-state index in [4.69, 9.17) is 15.9 Å². The fraction of sp³-hybridized carbons (Fsp3) is 0.179. The first kappa shape index (κ1) is 26.5. The van der Waals surface area contributed by atoms with Crippen LogP contribution in [0.3, 0.4) is 0 Å². The van der Waals surface area contributed by atoms with Gasteiger partial charge in [-0.05, 0) is 59.3 Å². The quantitative estimate of drug-likeness (QED) is 0.179. The number of carboxylic acids is 1. The van der Waals surface area contributed by atoms with Gasteiger partial charge in [-0.1, -0.05) is 30.3 Å². The number of nitrogens with two attached hydrogens (primary N) is 1. The molecule has 0 aliphatic heterocycles. The zero-order valence-electron chi connectivity index (χ0n) is 20.5. The van der Waals surface area contributed by atoms with Crippen molar-refractivity contribution in [1.82, 2.24) is 9.88 Å². The molecule has 1 amide bonds. The van der Waals surface area contributed by atoms with Crippen molar-refractivity contribution in [3.05, 3.63) is 95.2 Å². The Bertz CT molecular complexity index is 1480. The van der Waals surface area contributed by atoms with Crippen LogP contribution in [0.1, 0.15) is 29.7 Å². The van der Waals surface area contributed by atoms with Crippen LogP contribution in [0.5, 0.6) is 0 Å². The number of carbonyl (C=O) groups is 2. The van der Waals surface area contributed by atoms with Gasteiger partial charge in [0.05, 0.1) is 5.56 Å². The third-order valence-corrected chi connectivity index (χ3v) is 6.06. The van der Waals surface area contributed by atoms with Crippen molar-refractivity contribution in [3.63, 3.8) is 0 Å². The minimum atomic E-state index is -1.70.